The molecule has 0 saturated carbocycles. The Hall–Kier alpha value is -0.890. The Bertz CT molecular complexity index is 334. The Morgan fingerprint density at radius 3 is 2.08 bits per heavy atom. The Kier molecular flexibility index (Phi) is 3.43. The van der Waals surface area contributed by atoms with Crippen molar-refractivity contribution < 1.29 is 4.79 Å². The van der Waals surface area contributed by atoms with Gasteiger partial charge in [-0.05, 0) is 25.0 Å². The van der Waals surface area contributed by atoms with E-state index in [9.17, 15) is 4.79 Å². The fraction of sp³-hybridized carbons (Fsp3) is 0.273. The molecular formula is C11H14OS. The molecule has 0 aliphatic rings. The molecule has 0 bridgehead atoms. The van der Waals surface area contributed by atoms with E-state index in [2.05, 4.69) is 12.5 Å². The van der Waals surface area contributed by atoms with Crippen molar-refractivity contribution >= 4 is 21.1 Å². The Morgan fingerprint density at radius 1 is 1.15 bits per heavy atom. The summed E-state index contributed by atoms with van der Waals surface area (Å²) < 4.78 is 0. The van der Waals surface area contributed by atoms with Crippen LogP contribution in [-0.4, -0.2) is 23.2 Å². The van der Waals surface area contributed by atoms with Gasteiger partial charge in [0, 0.05) is 4.86 Å². The number of hydrogen-bond acceptors (Lipinski definition) is 1. The van der Waals surface area contributed by atoms with Crippen molar-refractivity contribution in [2.75, 3.05) is 12.5 Å². The number of carbonyl (C=O) groups excluding carboxylic acids is 1. The van der Waals surface area contributed by atoms with Crippen LogP contribution in [0.1, 0.15) is 12.5 Å². The molecule has 0 aromatic heterocycles. The minimum atomic E-state index is 0.0327. The van der Waals surface area contributed by atoms with Gasteiger partial charge in [0.15, 0.2) is 5.78 Å². The SMILES string of the molecule is CC(=O)C(c1ccccc1)=S(C)C. The Labute approximate surface area is 81.7 Å². The third-order valence-corrected chi connectivity index (χ3v) is 3.10. The summed E-state index contributed by atoms with van der Waals surface area (Å²) in [6.45, 7) is 1.63. The van der Waals surface area contributed by atoms with Crippen LogP contribution in [0.25, 0.3) is 0 Å². The van der Waals surface area contributed by atoms with E-state index in [1.807, 2.05) is 30.3 Å². The van der Waals surface area contributed by atoms with E-state index in [0.717, 1.165) is 10.4 Å². The van der Waals surface area contributed by atoms with Crippen LogP contribution in [0, 0.1) is 0 Å². The maximum atomic E-state index is 11.4. The van der Waals surface area contributed by atoms with E-state index in [1.165, 1.54) is 0 Å². The molecule has 0 spiro atoms. The Morgan fingerprint density at radius 2 is 1.69 bits per heavy atom. The monoisotopic (exact) mass is 194 g/mol. The second kappa shape index (κ2) is 4.38. The zero-order chi connectivity index (χ0) is 9.84. The first-order chi connectivity index (χ1) is 6.13. The molecule has 2 heteroatoms. The summed E-state index contributed by atoms with van der Waals surface area (Å²) in [5.41, 5.74) is 1.06. The number of ketones is 1. The largest absolute Gasteiger partial charge is 0.294 e. The van der Waals surface area contributed by atoms with E-state index in [-0.39, 0.29) is 16.3 Å². The molecule has 0 aliphatic heterocycles. The predicted molar refractivity (Wildman–Crippen MR) is 60.7 cm³/mol. The van der Waals surface area contributed by atoms with Gasteiger partial charge in [-0.2, -0.15) is 10.5 Å². The van der Waals surface area contributed by atoms with Crippen LogP contribution in [0.5, 0.6) is 0 Å². The van der Waals surface area contributed by atoms with Crippen molar-refractivity contribution in [1.82, 2.24) is 0 Å². The van der Waals surface area contributed by atoms with Crippen LogP contribution >= 0.6 is 10.5 Å². The normalized spacial score (nSPS) is 10.2. The van der Waals surface area contributed by atoms with Crippen molar-refractivity contribution in [2.45, 2.75) is 6.92 Å². The van der Waals surface area contributed by atoms with Gasteiger partial charge in [0.05, 0.1) is 0 Å². The van der Waals surface area contributed by atoms with Gasteiger partial charge in [-0.15, -0.1) is 0 Å². The van der Waals surface area contributed by atoms with Gasteiger partial charge in [0.1, 0.15) is 0 Å². The summed E-state index contributed by atoms with van der Waals surface area (Å²) >= 11 is 0. The number of benzene rings is 1. The molecule has 0 aliphatic carbocycles. The van der Waals surface area contributed by atoms with Crippen LogP contribution in [0.15, 0.2) is 30.3 Å². The minimum absolute atomic E-state index is 0.0327. The third kappa shape index (κ3) is 2.52. The first-order valence-corrected chi connectivity index (χ1v) is 6.18. The van der Waals surface area contributed by atoms with Crippen LogP contribution < -0.4 is 0 Å². The van der Waals surface area contributed by atoms with Crippen molar-refractivity contribution in [1.29, 1.82) is 0 Å². The first kappa shape index (κ1) is 10.2. The van der Waals surface area contributed by atoms with Crippen molar-refractivity contribution in [2.24, 2.45) is 0 Å². The minimum Gasteiger partial charge on any atom is -0.294 e. The van der Waals surface area contributed by atoms with Crippen molar-refractivity contribution in [3.05, 3.63) is 35.9 Å². The quantitative estimate of drug-likeness (QED) is 0.521. The fourth-order valence-corrected chi connectivity index (χ4v) is 2.50. The molecule has 1 rings (SSSR count). The molecule has 1 nitrogen and oxygen atoms in total. The molecule has 0 saturated heterocycles. The van der Waals surface area contributed by atoms with Crippen LogP contribution in [0.3, 0.4) is 0 Å². The average Bonchev–Trinajstić information content (AvgIpc) is 2.04. The second-order valence-electron chi connectivity index (χ2n) is 3.07. The number of hydrogen-bond donors (Lipinski definition) is 0. The zero-order valence-corrected chi connectivity index (χ0v) is 9.02. The molecule has 0 N–H and O–H groups in total. The molecular weight excluding hydrogens is 180 g/mol. The maximum absolute atomic E-state index is 11.4. The van der Waals surface area contributed by atoms with E-state index in [1.54, 1.807) is 6.92 Å². The molecule has 0 unspecified atom stereocenters. The van der Waals surface area contributed by atoms with E-state index < -0.39 is 0 Å². The Balaban J connectivity index is 3.20. The molecule has 1 aromatic rings. The van der Waals surface area contributed by atoms with Gasteiger partial charge in [0.2, 0.25) is 0 Å². The van der Waals surface area contributed by atoms with E-state index in [0.29, 0.717) is 0 Å². The average molecular weight is 194 g/mol. The van der Waals surface area contributed by atoms with E-state index in [4.69, 9.17) is 0 Å². The summed E-state index contributed by atoms with van der Waals surface area (Å²) in [5.74, 6) is 0.180. The summed E-state index contributed by atoms with van der Waals surface area (Å²) in [5, 5.41) is 0. The second-order valence-corrected chi connectivity index (χ2v) is 5.11. The molecule has 0 radical (unpaired) electrons. The lowest BCUT2D eigenvalue weighted by atomic mass is 10.1. The molecule has 70 valence electrons. The first-order valence-electron chi connectivity index (χ1n) is 4.14. The highest BCUT2D eigenvalue weighted by Gasteiger charge is 2.07. The highest BCUT2D eigenvalue weighted by atomic mass is 32.2. The molecule has 1 aromatic carbocycles. The molecule has 0 fully saturated rings. The lowest BCUT2D eigenvalue weighted by Crippen LogP contribution is -2.11. The lowest BCUT2D eigenvalue weighted by molar-refractivity contribution is -0.110. The predicted octanol–water partition coefficient (Wildman–Crippen LogP) is 2.32. The molecule has 0 heterocycles. The smallest absolute Gasteiger partial charge is 0.165 e. The third-order valence-electron chi connectivity index (χ3n) is 1.76. The van der Waals surface area contributed by atoms with Crippen LogP contribution in [0.2, 0.25) is 0 Å². The number of rotatable bonds is 2. The van der Waals surface area contributed by atoms with E-state index >= 15 is 0 Å². The summed E-state index contributed by atoms with van der Waals surface area (Å²) in [4.78, 5) is 12.3. The van der Waals surface area contributed by atoms with Crippen LogP contribution in [0.4, 0.5) is 0 Å². The number of carbonyl (C=O) groups is 1. The summed E-state index contributed by atoms with van der Waals surface area (Å²) in [7, 11) is 0.0327. The van der Waals surface area contributed by atoms with Gasteiger partial charge in [-0.3, -0.25) is 4.79 Å². The highest BCUT2D eigenvalue weighted by molar-refractivity contribution is 8.16. The molecule has 0 amide bonds. The summed E-state index contributed by atoms with van der Waals surface area (Å²) in [6, 6.07) is 9.87. The maximum Gasteiger partial charge on any atom is 0.165 e. The highest BCUT2D eigenvalue weighted by Crippen LogP contribution is 2.12. The number of Topliss-reactive ketones (excluding diaryl/α,β-unsaturated/α-hetero) is 1. The van der Waals surface area contributed by atoms with Gasteiger partial charge in [0.25, 0.3) is 0 Å². The zero-order valence-electron chi connectivity index (χ0n) is 8.20. The van der Waals surface area contributed by atoms with Gasteiger partial charge >= 0.3 is 0 Å². The molecule has 13 heavy (non-hydrogen) atoms. The standard InChI is InChI=1S/C11H14OS/c1-9(12)11(13(2)3)10-7-5-4-6-8-10/h4-8H,1-3H3. The topological polar surface area (TPSA) is 17.1 Å². The summed E-state index contributed by atoms with van der Waals surface area (Å²) in [6.07, 6.45) is 4.15. The lowest BCUT2D eigenvalue weighted by Gasteiger charge is -2.06. The van der Waals surface area contributed by atoms with Crippen molar-refractivity contribution in [3.63, 3.8) is 0 Å². The van der Waals surface area contributed by atoms with Gasteiger partial charge < -0.3 is 0 Å². The van der Waals surface area contributed by atoms with Gasteiger partial charge in [-0.1, -0.05) is 30.3 Å². The van der Waals surface area contributed by atoms with Crippen LogP contribution in [-0.2, 0) is 4.79 Å². The van der Waals surface area contributed by atoms with Crippen molar-refractivity contribution in [3.8, 4) is 0 Å². The molecule has 0 atom stereocenters. The fourth-order valence-electron chi connectivity index (χ4n) is 1.32. The van der Waals surface area contributed by atoms with Gasteiger partial charge in [-0.25, -0.2) is 0 Å².